The SMILES string of the molecule is COc1cccc(Oc2cncc([C@H]3CCCN(C(=O)c4ccc(-n5nc(C)cc5C)nc4)C3)n2)c1. The first kappa shape index (κ1) is 23.5. The lowest BCUT2D eigenvalue weighted by Crippen LogP contribution is -2.39. The molecule has 1 fully saturated rings. The molecule has 1 aliphatic heterocycles. The predicted molar refractivity (Wildman–Crippen MR) is 134 cm³/mol. The number of rotatable bonds is 6. The zero-order valence-corrected chi connectivity index (χ0v) is 20.6. The van der Waals surface area contributed by atoms with E-state index in [1.165, 1.54) is 0 Å². The molecule has 0 bridgehead atoms. The number of hydrogen-bond donors (Lipinski definition) is 0. The Hall–Kier alpha value is -4.27. The molecule has 1 aliphatic rings. The average Bonchev–Trinajstić information content (AvgIpc) is 3.26. The van der Waals surface area contributed by atoms with Gasteiger partial charge in [0.2, 0.25) is 5.88 Å². The number of ether oxygens (including phenoxy) is 2. The largest absolute Gasteiger partial charge is 0.497 e. The van der Waals surface area contributed by atoms with Crippen molar-refractivity contribution in [3.05, 3.63) is 83.7 Å². The molecule has 1 saturated heterocycles. The Balaban J connectivity index is 1.28. The highest BCUT2D eigenvalue weighted by Crippen LogP contribution is 2.29. The van der Waals surface area contributed by atoms with E-state index in [0.29, 0.717) is 41.8 Å². The Kier molecular flexibility index (Phi) is 6.62. The third kappa shape index (κ3) is 5.05. The summed E-state index contributed by atoms with van der Waals surface area (Å²) in [5, 5.41) is 4.46. The van der Waals surface area contributed by atoms with Gasteiger partial charge in [0.05, 0.1) is 30.3 Å². The lowest BCUT2D eigenvalue weighted by Gasteiger charge is -2.32. The van der Waals surface area contributed by atoms with Crippen molar-refractivity contribution in [3.63, 3.8) is 0 Å². The summed E-state index contributed by atoms with van der Waals surface area (Å²) in [6, 6.07) is 13.0. The van der Waals surface area contributed by atoms with Gasteiger partial charge < -0.3 is 14.4 Å². The van der Waals surface area contributed by atoms with E-state index in [1.807, 2.05) is 55.1 Å². The molecule has 0 N–H and O–H groups in total. The summed E-state index contributed by atoms with van der Waals surface area (Å²) in [6.07, 6.45) is 6.78. The third-order valence-electron chi connectivity index (χ3n) is 6.24. The van der Waals surface area contributed by atoms with E-state index < -0.39 is 0 Å². The lowest BCUT2D eigenvalue weighted by molar-refractivity contribution is 0.0705. The van der Waals surface area contributed by atoms with Crippen LogP contribution in [0.4, 0.5) is 0 Å². The molecule has 9 heteroatoms. The van der Waals surface area contributed by atoms with Crippen LogP contribution in [0.3, 0.4) is 0 Å². The monoisotopic (exact) mass is 484 g/mol. The molecule has 1 aromatic carbocycles. The van der Waals surface area contributed by atoms with E-state index in [4.69, 9.17) is 9.47 Å². The maximum absolute atomic E-state index is 13.3. The van der Waals surface area contributed by atoms with Crippen LogP contribution in [0, 0.1) is 13.8 Å². The molecule has 0 saturated carbocycles. The maximum atomic E-state index is 13.3. The molecule has 4 aromatic rings. The van der Waals surface area contributed by atoms with Crippen LogP contribution in [-0.2, 0) is 0 Å². The van der Waals surface area contributed by atoms with Gasteiger partial charge in [-0.25, -0.2) is 14.6 Å². The second kappa shape index (κ2) is 10.2. The van der Waals surface area contributed by atoms with E-state index in [9.17, 15) is 4.79 Å². The molecule has 5 rings (SSSR count). The number of piperidine rings is 1. The van der Waals surface area contributed by atoms with Crippen molar-refractivity contribution in [1.29, 1.82) is 0 Å². The van der Waals surface area contributed by atoms with Gasteiger partial charge in [-0.2, -0.15) is 5.10 Å². The number of carbonyl (C=O) groups excluding carboxylic acids is 1. The highest BCUT2D eigenvalue weighted by Gasteiger charge is 2.27. The Morgan fingerprint density at radius 3 is 2.67 bits per heavy atom. The fourth-order valence-corrected chi connectivity index (χ4v) is 4.48. The number of aromatic nitrogens is 5. The summed E-state index contributed by atoms with van der Waals surface area (Å²) in [4.78, 5) is 28.6. The van der Waals surface area contributed by atoms with Gasteiger partial charge in [-0.1, -0.05) is 6.07 Å². The molecular weight excluding hydrogens is 456 g/mol. The minimum Gasteiger partial charge on any atom is -0.497 e. The van der Waals surface area contributed by atoms with E-state index in [1.54, 1.807) is 36.4 Å². The van der Waals surface area contributed by atoms with Crippen LogP contribution in [0.1, 0.15) is 46.2 Å². The van der Waals surface area contributed by atoms with Gasteiger partial charge in [-0.15, -0.1) is 0 Å². The van der Waals surface area contributed by atoms with Gasteiger partial charge in [0.25, 0.3) is 5.91 Å². The minimum absolute atomic E-state index is 0.0381. The van der Waals surface area contributed by atoms with Crippen LogP contribution >= 0.6 is 0 Å². The van der Waals surface area contributed by atoms with Crippen LogP contribution in [0.25, 0.3) is 5.82 Å². The smallest absolute Gasteiger partial charge is 0.255 e. The number of amides is 1. The number of methoxy groups -OCH3 is 1. The fraction of sp³-hybridized carbons (Fsp3) is 0.296. The Labute approximate surface area is 209 Å². The van der Waals surface area contributed by atoms with E-state index in [0.717, 1.165) is 29.9 Å². The Morgan fingerprint density at radius 1 is 1.06 bits per heavy atom. The highest BCUT2D eigenvalue weighted by molar-refractivity contribution is 5.94. The number of pyridine rings is 1. The van der Waals surface area contributed by atoms with Gasteiger partial charge in [0, 0.05) is 43.2 Å². The number of nitrogens with zero attached hydrogens (tertiary/aromatic N) is 6. The molecule has 36 heavy (non-hydrogen) atoms. The van der Waals surface area contributed by atoms with Crippen LogP contribution in [0.15, 0.2) is 61.1 Å². The molecule has 9 nitrogen and oxygen atoms in total. The quantitative estimate of drug-likeness (QED) is 0.398. The van der Waals surface area contributed by atoms with Gasteiger partial charge in [-0.05, 0) is 57.0 Å². The second-order valence-corrected chi connectivity index (χ2v) is 8.90. The fourth-order valence-electron chi connectivity index (χ4n) is 4.48. The van der Waals surface area contributed by atoms with Crippen molar-refractivity contribution in [2.24, 2.45) is 0 Å². The van der Waals surface area contributed by atoms with Crippen molar-refractivity contribution >= 4 is 5.91 Å². The molecule has 3 aromatic heterocycles. The van der Waals surface area contributed by atoms with Crippen molar-refractivity contribution < 1.29 is 14.3 Å². The van der Waals surface area contributed by atoms with Gasteiger partial charge in [-0.3, -0.25) is 9.78 Å². The van der Waals surface area contributed by atoms with E-state index >= 15 is 0 Å². The standard InChI is InChI=1S/C27H28N6O3/c1-18-12-19(2)33(31-18)25-10-9-20(14-29-25)27(34)32-11-5-6-21(17-32)24-15-28-16-26(30-24)36-23-8-4-7-22(13-23)35-3/h4,7-10,12-16,21H,5-6,11,17H2,1-3H3/t21-/m0/s1. The first-order valence-electron chi connectivity index (χ1n) is 11.9. The van der Waals surface area contributed by atoms with Crippen molar-refractivity contribution in [3.8, 4) is 23.2 Å². The number of hydrogen-bond acceptors (Lipinski definition) is 7. The second-order valence-electron chi connectivity index (χ2n) is 8.90. The zero-order valence-electron chi connectivity index (χ0n) is 20.6. The summed E-state index contributed by atoms with van der Waals surface area (Å²) in [5.74, 6) is 2.47. The van der Waals surface area contributed by atoms with Crippen LogP contribution in [0.5, 0.6) is 17.4 Å². The zero-order chi connectivity index (χ0) is 25.1. The van der Waals surface area contributed by atoms with Gasteiger partial charge >= 0.3 is 0 Å². The molecule has 1 atom stereocenters. The van der Waals surface area contributed by atoms with Crippen molar-refractivity contribution in [2.75, 3.05) is 20.2 Å². The topological polar surface area (TPSA) is 95.3 Å². The third-order valence-corrected chi connectivity index (χ3v) is 6.24. The summed E-state index contributed by atoms with van der Waals surface area (Å²) in [5.41, 5.74) is 3.29. The molecule has 0 aliphatic carbocycles. The van der Waals surface area contributed by atoms with Crippen LogP contribution in [0.2, 0.25) is 0 Å². The maximum Gasteiger partial charge on any atom is 0.255 e. The number of carbonyl (C=O) groups is 1. The average molecular weight is 485 g/mol. The summed E-state index contributed by atoms with van der Waals surface area (Å²) in [7, 11) is 1.61. The molecule has 1 amide bonds. The highest BCUT2D eigenvalue weighted by atomic mass is 16.5. The van der Waals surface area contributed by atoms with Crippen LogP contribution in [-0.4, -0.2) is 55.7 Å². The predicted octanol–water partition coefficient (Wildman–Crippen LogP) is 4.49. The molecular formula is C27H28N6O3. The Bertz CT molecular complexity index is 1370. The summed E-state index contributed by atoms with van der Waals surface area (Å²) in [6.45, 7) is 5.19. The Morgan fingerprint density at radius 2 is 1.92 bits per heavy atom. The first-order chi connectivity index (χ1) is 17.5. The van der Waals surface area contributed by atoms with E-state index in [-0.39, 0.29) is 11.8 Å². The number of likely N-dealkylation sites (tertiary alicyclic amines) is 1. The van der Waals surface area contributed by atoms with Gasteiger partial charge in [0.15, 0.2) is 5.82 Å². The summed E-state index contributed by atoms with van der Waals surface area (Å²) >= 11 is 0. The molecule has 4 heterocycles. The van der Waals surface area contributed by atoms with Crippen molar-refractivity contribution in [1.82, 2.24) is 29.6 Å². The molecule has 0 unspecified atom stereocenters. The van der Waals surface area contributed by atoms with Crippen molar-refractivity contribution in [2.45, 2.75) is 32.6 Å². The number of benzene rings is 1. The summed E-state index contributed by atoms with van der Waals surface area (Å²) < 4.78 is 12.9. The molecule has 184 valence electrons. The lowest BCUT2D eigenvalue weighted by atomic mass is 9.94. The van der Waals surface area contributed by atoms with E-state index in [2.05, 4.69) is 20.1 Å². The molecule has 0 radical (unpaired) electrons. The van der Waals surface area contributed by atoms with Crippen LogP contribution < -0.4 is 9.47 Å². The normalized spacial score (nSPS) is 15.5. The van der Waals surface area contributed by atoms with Gasteiger partial charge in [0.1, 0.15) is 11.5 Å². The molecule has 0 spiro atoms. The first-order valence-corrected chi connectivity index (χ1v) is 11.9. The number of aryl methyl sites for hydroxylation is 2. The minimum atomic E-state index is -0.0381.